The zero-order valence-electron chi connectivity index (χ0n) is 21.1. The molecule has 0 bridgehead atoms. The fraction of sp³-hybridized carbons (Fsp3) is 0.515. The van der Waals surface area contributed by atoms with Crippen LogP contribution in [0, 0.1) is 5.92 Å². The highest BCUT2D eigenvalue weighted by Gasteiger charge is 2.22. The average molecular weight is 454 g/mol. The topological polar surface area (TPSA) is 3.24 Å². The first-order chi connectivity index (χ1) is 16.9. The quantitative estimate of drug-likeness (QED) is 0.308. The molecule has 0 radical (unpaired) electrons. The minimum absolute atomic E-state index is 1.06. The van der Waals surface area contributed by atoms with E-state index in [4.69, 9.17) is 0 Å². The van der Waals surface area contributed by atoms with Crippen LogP contribution in [0.25, 0.3) is 17.7 Å². The van der Waals surface area contributed by atoms with Gasteiger partial charge in [0.1, 0.15) is 0 Å². The number of likely N-dealkylation sites (tertiary alicyclic amines) is 1. The van der Waals surface area contributed by atoms with Crippen LogP contribution in [0.4, 0.5) is 0 Å². The molecule has 0 atom stereocenters. The highest BCUT2D eigenvalue weighted by molar-refractivity contribution is 5.94. The van der Waals surface area contributed by atoms with Gasteiger partial charge in [-0.05, 0) is 59.6 Å². The summed E-state index contributed by atoms with van der Waals surface area (Å²) in [5.41, 5.74) is 8.70. The number of hydrogen-bond donors (Lipinski definition) is 0. The second-order valence-electron chi connectivity index (χ2n) is 10.9. The molecule has 2 aromatic carbocycles. The summed E-state index contributed by atoms with van der Waals surface area (Å²) in [4.78, 5) is 2.72. The standard InChI is InChI=1S/C33H43N/c1(2-5-13-27-14-6-4-7-15-27)3-12-24-34-25-22-30(23-26-34)33-31-18-10-8-16-28(31)20-21-29-17-9-11-19-32(29)33/h8-11,16-21,27H,1-7,12-15,22-26H2. The lowest BCUT2D eigenvalue weighted by Gasteiger charge is -2.30. The smallest absolute Gasteiger partial charge is 0.00190 e. The Kier molecular flexibility index (Phi) is 8.35. The van der Waals surface area contributed by atoms with Crippen LogP contribution in [0.2, 0.25) is 0 Å². The van der Waals surface area contributed by atoms with E-state index >= 15 is 0 Å². The lowest BCUT2D eigenvalue weighted by atomic mass is 9.85. The van der Waals surface area contributed by atoms with Crippen molar-refractivity contribution in [3.8, 4) is 0 Å². The molecule has 3 aliphatic rings. The summed E-state index contributed by atoms with van der Waals surface area (Å²) in [6.45, 7) is 3.73. The van der Waals surface area contributed by atoms with Gasteiger partial charge in [-0.3, -0.25) is 0 Å². The third kappa shape index (κ3) is 5.92. The molecule has 2 aliphatic carbocycles. The van der Waals surface area contributed by atoms with E-state index in [1.165, 1.54) is 131 Å². The SMILES string of the molecule is C1=Cc2ccccc2C(=C2CCN(CCCCCCCC3CCCCC3)CC2)c2ccccc21. The molecule has 180 valence electrons. The molecule has 1 aliphatic heterocycles. The van der Waals surface area contributed by atoms with Gasteiger partial charge in [0.15, 0.2) is 0 Å². The van der Waals surface area contributed by atoms with Crippen molar-refractivity contribution >= 4 is 17.7 Å². The van der Waals surface area contributed by atoms with Gasteiger partial charge in [-0.25, -0.2) is 0 Å². The molecule has 0 aromatic heterocycles. The Balaban J connectivity index is 1.11. The number of rotatable bonds is 8. The minimum atomic E-state index is 1.06. The molecule has 0 spiro atoms. The van der Waals surface area contributed by atoms with E-state index in [0.29, 0.717) is 0 Å². The number of unbranched alkanes of at least 4 members (excludes halogenated alkanes) is 4. The number of hydrogen-bond acceptors (Lipinski definition) is 1. The molecule has 1 heterocycles. The molecule has 0 amide bonds. The summed E-state index contributed by atoms with van der Waals surface area (Å²) in [6, 6.07) is 17.9. The fourth-order valence-corrected chi connectivity index (χ4v) is 6.52. The van der Waals surface area contributed by atoms with Crippen molar-refractivity contribution in [1.82, 2.24) is 4.90 Å². The van der Waals surface area contributed by atoms with Crippen LogP contribution < -0.4 is 0 Å². The Morgan fingerprint density at radius 1 is 0.647 bits per heavy atom. The predicted molar refractivity (Wildman–Crippen MR) is 148 cm³/mol. The third-order valence-electron chi connectivity index (χ3n) is 8.53. The normalized spacial score (nSPS) is 19.1. The molecule has 0 unspecified atom stereocenters. The van der Waals surface area contributed by atoms with Gasteiger partial charge in [0.25, 0.3) is 0 Å². The van der Waals surface area contributed by atoms with E-state index in [0.717, 1.165) is 5.92 Å². The van der Waals surface area contributed by atoms with Gasteiger partial charge in [0.05, 0.1) is 0 Å². The van der Waals surface area contributed by atoms with Gasteiger partial charge < -0.3 is 4.90 Å². The monoisotopic (exact) mass is 453 g/mol. The second kappa shape index (κ2) is 12.0. The van der Waals surface area contributed by atoms with E-state index in [9.17, 15) is 0 Å². The molecule has 1 saturated carbocycles. The molecule has 5 rings (SSSR count). The lowest BCUT2D eigenvalue weighted by Crippen LogP contribution is -2.32. The summed E-state index contributed by atoms with van der Waals surface area (Å²) in [6.07, 6.45) is 23.2. The van der Waals surface area contributed by atoms with E-state index in [1.54, 1.807) is 5.57 Å². The van der Waals surface area contributed by atoms with Crippen molar-refractivity contribution in [2.75, 3.05) is 19.6 Å². The van der Waals surface area contributed by atoms with Crippen molar-refractivity contribution < 1.29 is 0 Å². The molecule has 1 saturated heterocycles. The van der Waals surface area contributed by atoms with Gasteiger partial charge >= 0.3 is 0 Å². The maximum Gasteiger partial charge on any atom is 0.00190 e. The molecule has 2 fully saturated rings. The highest BCUT2D eigenvalue weighted by Crippen LogP contribution is 2.38. The van der Waals surface area contributed by atoms with E-state index in [-0.39, 0.29) is 0 Å². The predicted octanol–water partition coefficient (Wildman–Crippen LogP) is 8.99. The third-order valence-corrected chi connectivity index (χ3v) is 8.53. The largest absolute Gasteiger partial charge is 0.303 e. The first-order valence-corrected chi connectivity index (χ1v) is 14.2. The number of piperidine rings is 1. The van der Waals surface area contributed by atoms with Gasteiger partial charge in [-0.1, -0.05) is 130 Å². The summed E-state index contributed by atoms with van der Waals surface area (Å²) >= 11 is 0. The number of nitrogens with zero attached hydrogens (tertiary/aromatic N) is 1. The summed E-state index contributed by atoms with van der Waals surface area (Å²) < 4.78 is 0. The molecule has 34 heavy (non-hydrogen) atoms. The highest BCUT2D eigenvalue weighted by atomic mass is 15.1. The molecular formula is C33H43N. The second-order valence-corrected chi connectivity index (χ2v) is 10.9. The van der Waals surface area contributed by atoms with Gasteiger partial charge in [-0.15, -0.1) is 0 Å². The van der Waals surface area contributed by atoms with Crippen LogP contribution in [0.1, 0.15) is 106 Å². The Bertz CT molecular complexity index is 930. The maximum absolute atomic E-state index is 2.72. The van der Waals surface area contributed by atoms with Gasteiger partial charge in [-0.2, -0.15) is 0 Å². The number of fused-ring (bicyclic) bond motifs is 2. The molecule has 1 heteroatoms. The average Bonchev–Trinajstić information content (AvgIpc) is 3.06. The zero-order valence-corrected chi connectivity index (χ0v) is 21.1. The molecular weight excluding hydrogens is 410 g/mol. The van der Waals surface area contributed by atoms with Crippen LogP contribution in [-0.2, 0) is 0 Å². The summed E-state index contributed by atoms with van der Waals surface area (Å²) in [7, 11) is 0. The first kappa shape index (κ1) is 23.6. The van der Waals surface area contributed by atoms with Crippen LogP contribution in [0.15, 0.2) is 54.1 Å². The van der Waals surface area contributed by atoms with Gasteiger partial charge in [0, 0.05) is 13.1 Å². The van der Waals surface area contributed by atoms with E-state index in [1.807, 2.05) is 0 Å². The van der Waals surface area contributed by atoms with Crippen LogP contribution >= 0.6 is 0 Å². The molecule has 2 aromatic rings. The maximum atomic E-state index is 2.72. The van der Waals surface area contributed by atoms with Crippen molar-refractivity contribution in [2.45, 2.75) is 83.5 Å². The van der Waals surface area contributed by atoms with Crippen LogP contribution in [0.5, 0.6) is 0 Å². The Morgan fingerprint density at radius 3 is 1.91 bits per heavy atom. The Labute approximate surface area is 208 Å². The van der Waals surface area contributed by atoms with Crippen molar-refractivity contribution in [1.29, 1.82) is 0 Å². The minimum Gasteiger partial charge on any atom is -0.303 e. The van der Waals surface area contributed by atoms with E-state index < -0.39 is 0 Å². The van der Waals surface area contributed by atoms with Crippen molar-refractivity contribution in [3.63, 3.8) is 0 Å². The molecule has 0 N–H and O–H groups in total. The number of benzene rings is 2. The molecule has 1 nitrogen and oxygen atoms in total. The van der Waals surface area contributed by atoms with Crippen LogP contribution in [-0.4, -0.2) is 24.5 Å². The van der Waals surface area contributed by atoms with E-state index in [2.05, 4.69) is 65.6 Å². The van der Waals surface area contributed by atoms with Crippen molar-refractivity contribution in [3.05, 3.63) is 76.4 Å². The first-order valence-electron chi connectivity index (χ1n) is 14.2. The van der Waals surface area contributed by atoms with Gasteiger partial charge in [0.2, 0.25) is 0 Å². The Morgan fingerprint density at radius 2 is 1.24 bits per heavy atom. The van der Waals surface area contributed by atoms with Crippen molar-refractivity contribution in [2.24, 2.45) is 5.92 Å². The zero-order chi connectivity index (χ0) is 23.0. The lowest BCUT2D eigenvalue weighted by molar-refractivity contribution is 0.250. The Hall–Kier alpha value is -2.12. The summed E-state index contributed by atoms with van der Waals surface area (Å²) in [5.74, 6) is 1.06. The summed E-state index contributed by atoms with van der Waals surface area (Å²) in [5, 5.41) is 0. The fourth-order valence-electron chi connectivity index (χ4n) is 6.52. The van der Waals surface area contributed by atoms with Crippen LogP contribution in [0.3, 0.4) is 0 Å².